The summed E-state index contributed by atoms with van der Waals surface area (Å²) in [5.41, 5.74) is 8.34. The zero-order valence-corrected chi connectivity index (χ0v) is 16.7. The molecule has 0 aliphatic carbocycles. The Kier molecular flexibility index (Phi) is 5.44. The lowest BCUT2D eigenvalue weighted by atomic mass is 10.1. The molecule has 2 amide bonds. The molecule has 0 aliphatic rings. The summed E-state index contributed by atoms with van der Waals surface area (Å²) in [7, 11) is 0. The van der Waals surface area contributed by atoms with Gasteiger partial charge in [-0.2, -0.15) is 5.10 Å². The molecule has 0 fully saturated rings. The number of carbonyl (C=O) groups excluding carboxylic acids is 2. The Morgan fingerprint density at radius 2 is 2.11 bits per heavy atom. The maximum atomic E-state index is 12.9. The fourth-order valence-corrected chi connectivity index (χ4v) is 3.14. The second-order valence-electron chi connectivity index (χ2n) is 5.65. The number of hydrogen-bond donors (Lipinski definition) is 1. The molecule has 2 N–H and O–H groups in total. The number of aromatic nitrogens is 3. The van der Waals surface area contributed by atoms with Crippen molar-refractivity contribution >= 4 is 50.7 Å². The number of amides is 2. The van der Waals surface area contributed by atoms with Gasteiger partial charge < -0.3 is 5.32 Å². The topological polar surface area (TPSA) is 105 Å². The minimum Gasteiger partial charge on any atom is -0.320 e. The lowest BCUT2D eigenvalue weighted by Crippen LogP contribution is -2.20. The minimum absolute atomic E-state index is 0.0691. The number of nitrogens with zero attached hydrogens (tertiary/aromatic N) is 4. The molecule has 0 spiro atoms. The van der Waals surface area contributed by atoms with Gasteiger partial charge in [-0.3, -0.25) is 15.3 Å². The van der Waals surface area contributed by atoms with Gasteiger partial charge in [0.1, 0.15) is 10.3 Å². The first kappa shape index (κ1) is 19.5. The maximum absolute atomic E-state index is 12.9. The molecule has 139 valence electrons. The quantitative estimate of drug-likeness (QED) is 0.591. The normalized spacial score (nSPS) is 10.4. The van der Waals surface area contributed by atoms with E-state index in [1.54, 1.807) is 19.1 Å². The third-order valence-corrected chi connectivity index (χ3v) is 4.47. The molecule has 2 heterocycles. The molecular weight excluding hydrogens is 448 g/mol. The highest BCUT2D eigenvalue weighted by Crippen LogP contribution is 2.28. The van der Waals surface area contributed by atoms with Crippen molar-refractivity contribution in [2.24, 2.45) is 0 Å². The average molecular weight is 459 g/mol. The van der Waals surface area contributed by atoms with Crippen LogP contribution in [0.15, 0.2) is 41.1 Å². The molecule has 1 aromatic carbocycles. The molecule has 8 nitrogen and oxygen atoms in total. The summed E-state index contributed by atoms with van der Waals surface area (Å²) in [6.45, 7) is 8.74. The summed E-state index contributed by atoms with van der Waals surface area (Å²) in [6, 6.07) is 7.54. The van der Waals surface area contributed by atoms with E-state index in [1.807, 2.05) is 0 Å². The number of rotatable bonds is 4. The smallest absolute Gasteiger partial charge is 0.274 e. The monoisotopic (exact) mass is 457 g/mol. The molecule has 3 aromatic rings. The number of hydrogen-bond acceptors (Lipinski definition) is 4. The molecule has 0 saturated carbocycles. The van der Waals surface area contributed by atoms with E-state index in [0.29, 0.717) is 15.2 Å². The molecule has 3 rings (SSSR count). The van der Waals surface area contributed by atoms with Gasteiger partial charge in [0.2, 0.25) is 0 Å². The first-order valence-electron chi connectivity index (χ1n) is 7.77. The molecule has 2 aromatic heterocycles. The van der Waals surface area contributed by atoms with E-state index < -0.39 is 11.8 Å². The summed E-state index contributed by atoms with van der Waals surface area (Å²) >= 11 is 9.39. The highest BCUT2D eigenvalue weighted by atomic mass is 79.9. The second-order valence-corrected chi connectivity index (χ2v) is 6.87. The van der Waals surface area contributed by atoms with E-state index in [4.69, 9.17) is 23.9 Å². The molecular formula is C18H11BrClN6O2. The number of pyridine rings is 1. The van der Waals surface area contributed by atoms with Gasteiger partial charge in [0.05, 0.1) is 22.8 Å². The molecule has 0 unspecified atom stereocenters. The fourth-order valence-electron chi connectivity index (χ4n) is 2.56. The summed E-state index contributed by atoms with van der Waals surface area (Å²) < 4.78 is 1.66. The summed E-state index contributed by atoms with van der Waals surface area (Å²) in [5.74, 6) is -1.33. The molecule has 0 aliphatic heterocycles. The predicted molar refractivity (Wildman–Crippen MR) is 107 cm³/mol. The van der Waals surface area contributed by atoms with Crippen LogP contribution in [0.4, 0.5) is 11.4 Å². The summed E-state index contributed by atoms with van der Waals surface area (Å²) in [5, 5.41) is 7.13. The zero-order chi connectivity index (χ0) is 20.4. The van der Waals surface area contributed by atoms with Crippen molar-refractivity contribution in [3.05, 3.63) is 74.4 Å². The van der Waals surface area contributed by atoms with Crippen LogP contribution < -0.4 is 11.1 Å². The standard InChI is InChI=1S/C18H11BrClN6O2/c1-9-6-10(22-2)7-11(16(21)27)15(9)24-18(28)13-8-14(19)25-26(13)17-12(20)4-3-5-23-17/h3-8,21H,1H3,(H,24,28). The van der Waals surface area contributed by atoms with Gasteiger partial charge in [-0.25, -0.2) is 14.5 Å². The molecule has 1 radical (unpaired) electrons. The van der Waals surface area contributed by atoms with E-state index in [-0.39, 0.29) is 28.5 Å². The van der Waals surface area contributed by atoms with Crippen molar-refractivity contribution in [1.29, 1.82) is 0 Å². The van der Waals surface area contributed by atoms with Crippen LogP contribution >= 0.6 is 27.5 Å². The third-order valence-electron chi connectivity index (χ3n) is 3.78. The van der Waals surface area contributed by atoms with Gasteiger partial charge >= 0.3 is 0 Å². The Bertz CT molecular complexity index is 1150. The van der Waals surface area contributed by atoms with Crippen LogP contribution in [0.1, 0.15) is 26.4 Å². The average Bonchev–Trinajstić information content (AvgIpc) is 3.04. The first-order chi connectivity index (χ1) is 13.3. The largest absolute Gasteiger partial charge is 0.320 e. The van der Waals surface area contributed by atoms with E-state index >= 15 is 0 Å². The van der Waals surface area contributed by atoms with E-state index in [1.165, 1.54) is 29.1 Å². The first-order valence-corrected chi connectivity index (χ1v) is 8.94. The van der Waals surface area contributed by atoms with Crippen LogP contribution in [0.3, 0.4) is 0 Å². The molecule has 10 heteroatoms. The van der Waals surface area contributed by atoms with Crippen molar-refractivity contribution in [3.63, 3.8) is 0 Å². The number of benzene rings is 1. The SMILES string of the molecule is [C-]#[N+]c1cc(C)c(NC(=O)c2cc(Br)nn2-c2ncccc2Cl)c(C([NH])=O)c1. The predicted octanol–water partition coefficient (Wildman–Crippen LogP) is 4.22. The Morgan fingerprint density at radius 1 is 1.36 bits per heavy atom. The van der Waals surface area contributed by atoms with Gasteiger partial charge in [0, 0.05) is 12.3 Å². The maximum Gasteiger partial charge on any atom is 0.274 e. The van der Waals surface area contributed by atoms with Crippen molar-refractivity contribution in [2.45, 2.75) is 6.92 Å². The highest BCUT2D eigenvalue weighted by Gasteiger charge is 2.21. The molecule has 0 saturated heterocycles. The Hall–Kier alpha value is -3.22. The summed E-state index contributed by atoms with van der Waals surface area (Å²) in [6.07, 6.45) is 1.52. The van der Waals surface area contributed by atoms with Crippen LogP contribution in [0.5, 0.6) is 0 Å². The Labute approximate surface area is 173 Å². The number of halogens is 2. The van der Waals surface area contributed by atoms with E-state index in [0.717, 1.165) is 0 Å². The lowest BCUT2D eigenvalue weighted by Gasteiger charge is -2.13. The second kappa shape index (κ2) is 7.80. The van der Waals surface area contributed by atoms with Gasteiger partial charge in [-0.05, 0) is 46.6 Å². The third kappa shape index (κ3) is 3.74. The number of anilines is 1. The van der Waals surface area contributed by atoms with Crippen LogP contribution in [-0.4, -0.2) is 26.6 Å². The van der Waals surface area contributed by atoms with Gasteiger partial charge in [0.15, 0.2) is 11.5 Å². The Balaban J connectivity index is 2.06. The van der Waals surface area contributed by atoms with E-state index in [2.05, 4.69) is 36.2 Å². The van der Waals surface area contributed by atoms with Crippen molar-refractivity contribution in [3.8, 4) is 5.82 Å². The molecule has 28 heavy (non-hydrogen) atoms. The van der Waals surface area contributed by atoms with Crippen molar-refractivity contribution < 1.29 is 9.59 Å². The van der Waals surface area contributed by atoms with E-state index in [9.17, 15) is 9.59 Å². The van der Waals surface area contributed by atoms with Gasteiger partial charge in [-0.15, -0.1) is 0 Å². The van der Waals surface area contributed by atoms with Gasteiger partial charge in [0.25, 0.3) is 11.8 Å². The molecule has 0 atom stereocenters. The van der Waals surface area contributed by atoms with Crippen LogP contribution in [0, 0.1) is 13.5 Å². The summed E-state index contributed by atoms with van der Waals surface area (Å²) in [4.78, 5) is 32.0. The number of nitrogens with one attached hydrogen (secondary N) is 2. The van der Waals surface area contributed by atoms with Crippen molar-refractivity contribution in [1.82, 2.24) is 20.5 Å². The van der Waals surface area contributed by atoms with Crippen LogP contribution in [0.2, 0.25) is 5.02 Å². The minimum atomic E-state index is -1.01. The molecule has 0 bridgehead atoms. The van der Waals surface area contributed by atoms with Gasteiger partial charge in [-0.1, -0.05) is 17.7 Å². The fraction of sp³-hybridized carbons (Fsp3) is 0.0556. The zero-order valence-electron chi connectivity index (χ0n) is 14.3. The highest BCUT2D eigenvalue weighted by molar-refractivity contribution is 9.10. The van der Waals surface area contributed by atoms with Crippen LogP contribution in [0.25, 0.3) is 10.7 Å². The van der Waals surface area contributed by atoms with Crippen LogP contribution in [-0.2, 0) is 0 Å². The van der Waals surface area contributed by atoms with Crippen molar-refractivity contribution in [2.75, 3.05) is 5.32 Å². The number of aryl methyl sites for hydroxylation is 1. The number of carbonyl (C=O) groups is 2. The lowest BCUT2D eigenvalue weighted by molar-refractivity contribution is 0.0993. The Morgan fingerprint density at radius 3 is 2.75 bits per heavy atom.